The van der Waals surface area contributed by atoms with Crippen molar-refractivity contribution in [3.8, 4) is 5.69 Å². The molecule has 0 unspecified atom stereocenters. The van der Waals surface area contributed by atoms with Crippen LogP contribution < -0.4 is 10.6 Å². The Kier molecular flexibility index (Phi) is 5.90. The SMILES string of the molecule is Cc1ccc(-n2nc(C)c(NC(=O)CN3CCC(C(=O)NC4CC4)CC3)c2C)cc1. The third-order valence-corrected chi connectivity index (χ3v) is 6.08. The number of piperidine rings is 1. The molecule has 30 heavy (non-hydrogen) atoms. The van der Waals surface area contributed by atoms with Crippen molar-refractivity contribution in [2.75, 3.05) is 25.0 Å². The smallest absolute Gasteiger partial charge is 0.238 e. The minimum atomic E-state index is -0.0365. The molecule has 0 radical (unpaired) electrons. The number of hydrogen-bond acceptors (Lipinski definition) is 4. The zero-order valence-corrected chi connectivity index (χ0v) is 18.1. The second-order valence-corrected chi connectivity index (χ2v) is 8.67. The Morgan fingerprint density at radius 1 is 1.03 bits per heavy atom. The Morgan fingerprint density at radius 2 is 1.70 bits per heavy atom. The molecule has 2 fully saturated rings. The summed E-state index contributed by atoms with van der Waals surface area (Å²) in [5.74, 6) is 0.240. The number of likely N-dealkylation sites (tertiary alicyclic amines) is 1. The van der Waals surface area contributed by atoms with Gasteiger partial charge in [-0.25, -0.2) is 4.68 Å². The van der Waals surface area contributed by atoms with E-state index in [4.69, 9.17) is 0 Å². The lowest BCUT2D eigenvalue weighted by atomic mass is 9.96. The molecular weight excluding hydrogens is 378 g/mol. The number of rotatable bonds is 6. The molecule has 1 aromatic carbocycles. The van der Waals surface area contributed by atoms with Crippen molar-refractivity contribution in [3.63, 3.8) is 0 Å². The molecule has 1 saturated carbocycles. The minimum absolute atomic E-state index is 0.0365. The molecule has 2 amide bonds. The van der Waals surface area contributed by atoms with Crippen LogP contribution in [0.5, 0.6) is 0 Å². The van der Waals surface area contributed by atoms with E-state index in [2.05, 4.69) is 39.7 Å². The maximum Gasteiger partial charge on any atom is 0.238 e. The lowest BCUT2D eigenvalue weighted by molar-refractivity contribution is -0.126. The van der Waals surface area contributed by atoms with Gasteiger partial charge in [0.2, 0.25) is 11.8 Å². The lowest BCUT2D eigenvalue weighted by Crippen LogP contribution is -2.43. The fraction of sp³-hybridized carbons (Fsp3) is 0.522. The van der Waals surface area contributed by atoms with Crippen molar-refractivity contribution in [1.82, 2.24) is 20.0 Å². The third-order valence-electron chi connectivity index (χ3n) is 6.08. The maximum absolute atomic E-state index is 12.7. The van der Waals surface area contributed by atoms with Gasteiger partial charge in [-0.3, -0.25) is 14.5 Å². The minimum Gasteiger partial charge on any atom is -0.353 e. The van der Waals surface area contributed by atoms with E-state index in [-0.39, 0.29) is 17.7 Å². The molecule has 7 heteroatoms. The second-order valence-electron chi connectivity index (χ2n) is 8.67. The standard InChI is InChI=1S/C23H31N5O2/c1-15-4-8-20(9-5-15)28-17(3)22(16(2)26-28)25-21(29)14-27-12-10-18(11-13-27)23(30)24-19-6-7-19/h4-5,8-9,18-19H,6-7,10-14H2,1-3H3,(H,24,30)(H,25,29). The van der Waals surface area contributed by atoms with Gasteiger partial charge in [0.05, 0.1) is 29.3 Å². The fourth-order valence-corrected chi connectivity index (χ4v) is 4.04. The van der Waals surface area contributed by atoms with E-state index in [0.717, 1.165) is 61.5 Å². The van der Waals surface area contributed by atoms with E-state index in [1.165, 1.54) is 5.56 Å². The summed E-state index contributed by atoms with van der Waals surface area (Å²) < 4.78 is 1.87. The largest absolute Gasteiger partial charge is 0.353 e. The number of nitrogens with zero attached hydrogens (tertiary/aromatic N) is 3. The summed E-state index contributed by atoms with van der Waals surface area (Å²) in [6.45, 7) is 7.83. The highest BCUT2D eigenvalue weighted by Gasteiger charge is 2.30. The van der Waals surface area contributed by atoms with Gasteiger partial charge < -0.3 is 10.6 Å². The van der Waals surface area contributed by atoms with Crippen molar-refractivity contribution in [2.45, 2.75) is 52.5 Å². The van der Waals surface area contributed by atoms with E-state index in [0.29, 0.717) is 12.6 Å². The van der Waals surface area contributed by atoms with Gasteiger partial charge in [0.15, 0.2) is 0 Å². The first-order valence-electron chi connectivity index (χ1n) is 10.9. The summed E-state index contributed by atoms with van der Waals surface area (Å²) in [5.41, 5.74) is 4.67. The molecule has 0 bridgehead atoms. The molecule has 1 aliphatic carbocycles. The van der Waals surface area contributed by atoms with E-state index >= 15 is 0 Å². The predicted octanol–water partition coefficient (Wildman–Crippen LogP) is 2.73. The molecule has 160 valence electrons. The summed E-state index contributed by atoms with van der Waals surface area (Å²) in [4.78, 5) is 27.0. The van der Waals surface area contributed by atoms with Crippen molar-refractivity contribution in [2.24, 2.45) is 5.92 Å². The molecule has 0 spiro atoms. The summed E-state index contributed by atoms with van der Waals surface area (Å²) in [6.07, 6.45) is 3.86. The van der Waals surface area contributed by atoms with Crippen LogP contribution in [-0.4, -0.2) is 52.2 Å². The second kappa shape index (κ2) is 8.60. The Labute approximate surface area is 177 Å². The van der Waals surface area contributed by atoms with Crippen LogP contribution in [0, 0.1) is 26.7 Å². The topological polar surface area (TPSA) is 79.3 Å². The number of carbonyl (C=O) groups excluding carboxylic acids is 2. The maximum atomic E-state index is 12.7. The van der Waals surface area contributed by atoms with Crippen molar-refractivity contribution < 1.29 is 9.59 Å². The molecule has 0 atom stereocenters. The quantitative estimate of drug-likeness (QED) is 0.769. The zero-order valence-electron chi connectivity index (χ0n) is 18.1. The highest BCUT2D eigenvalue weighted by molar-refractivity contribution is 5.93. The molecule has 2 aliphatic rings. The molecule has 2 heterocycles. The van der Waals surface area contributed by atoms with E-state index in [9.17, 15) is 9.59 Å². The van der Waals surface area contributed by atoms with Gasteiger partial charge in [0.25, 0.3) is 0 Å². The molecule has 1 saturated heterocycles. The Hall–Kier alpha value is -2.67. The van der Waals surface area contributed by atoms with Crippen LogP contribution in [0.4, 0.5) is 5.69 Å². The van der Waals surface area contributed by atoms with Gasteiger partial charge in [-0.1, -0.05) is 17.7 Å². The van der Waals surface area contributed by atoms with Crippen molar-refractivity contribution >= 4 is 17.5 Å². The van der Waals surface area contributed by atoms with Crippen LogP contribution >= 0.6 is 0 Å². The first kappa shape index (κ1) is 20.6. The van der Waals surface area contributed by atoms with Crippen molar-refractivity contribution in [1.29, 1.82) is 0 Å². The van der Waals surface area contributed by atoms with Gasteiger partial charge in [-0.15, -0.1) is 0 Å². The van der Waals surface area contributed by atoms with Crippen LogP contribution in [0.1, 0.15) is 42.6 Å². The van der Waals surface area contributed by atoms with Gasteiger partial charge in [-0.05, 0) is 71.7 Å². The summed E-state index contributed by atoms with van der Waals surface area (Å²) >= 11 is 0. The molecule has 1 aliphatic heterocycles. The Balaban J connectivity index is 1.32. The number of anilines is 1. The fourth-order valence-electron chi connectivity index (χ4n) is 4.04. The predicted molar refractivity (Wildman–Crippen MR) is 117 cm³/mol. The van der Waals surface area contributed by atoms with E-state index in [1.54, 1.807) is 0 Å². The number of aryl methyl sites for hydroxylation is 2. The van der Waals surface area contributed by atoms with Crippen molar-refractivity contribution in [3.05, 3.63) is 41.2 Å². The number of aromatic nitrogens is 2. The van der Waals surface area contributed by atoms with Crippen LogP contribution in [0.2, 0.25) is 0 Å². The number of nitrogens with one attached hydrogen (secondary N) is 2. The summed E-state index contributed by atoms with van der Waals surface area (Å²) in [6, 6.07) is 8.58. The number of carbonyl (C=O) groups is 2. The van der Waals surface area contributed by atoms with E-state index < -0.39 is 0 Å². The molecule has 7 nitrogen and oxygen atoms in total. The summed E-state index contributed by atoms with van der Waals surface area (Å²) in [5, 5.41) is 10.8. The molecule has 2 N–H and O–H groups in total. The first-order valence-corrected chi connectivity index (χ1v) is 10.9. The molecule has 1 aromatic heterocycles. The van der Waals surface area contributed by atoms with Gasteiger partial charge in [0, 0.05) is 12.0 Å². The van der Waals surface area contributed by atoms with Crippen LogP contribution in [0.25, 0.3) is 5.69 Å². The van der Waals surface area contributed by atoms with E-state index in [1.807, 2.05) is 30.7 Å². The molecular formula is C23H31N5O2. The molecule has 2 aromatic rings. The van der Waals surface area contributed by atoms with Crippen LogP contribution in [-0.2, 0) is 9.59 Å². The number of amides is 2. The average molecular weight is 410 g/mol. The van der Waals surface area contributed by atoms with Crippen LogP contribution in [0.3, 0.4) is 0 Å². The number of hydrogen-bond donors (Lipinski definition) is 2. The lowest BCUT2D eigenvalue weighted by Gasteiger charge is -2.30. The summed E-state index contributed by atoms with van der Waals surface area (Å²) in [7, 11) is 0. The third kappa shape index (κ3) is 4.73. The highest BCUT2D eigenvalue weighted by atomic mass is 16.2. The molecule has 4 rings (SSSR count). The highest BCUT2D eigenvalue weighted by Crippen LogP contribution is 2.24. The average Bonchev–Trinajstić information content (AvgIpc) is 3.50. The zero-order chi connectivity index (χ0) is 21.3. The van der Waals surface area contributed by atoms with Gasteiger partial charge >= 0.3 is 0 Å². The van der Waals surface area contributed by atoms with Crippen LogP contribution in [0.15, 0.2) is 24.3 Å². The Morgan fingerprint density at radius 3 is 2.33 bits per heavy atom. The monoisotopic (exact) mass is 409 g/mol. The van der Waals surface area contributed by atoms with Gasteiger partial charge in [0.1, 0.15) is 0 Å². The Bertz CT molecular complexity index is 922. The normalized spacial score (nSPS) is 17.7. The van der Waals surface area contributed by atoms with Gasteiger partial charge in [-0.2, -0.15) is 5.10 Å². The number of benzene rings is 1. The first-order chi connectivity index (χ1) is 14.4.